The van der Waals surface area contributed by atoms with E-state index in [4.69, 9.17) is 4.74 Å². The van der Waals surface area contributed by atoms with Gasteiger partial charge in [-0.15, -0.1) is 0 Å². The molecule has 0 radical (unpaired) electrons. The van der Waals surface area contributed by atoms with E-state index in [1.807, 2.05) is 13.8 Å². The quantitative estimate of drug-likeness (QED) is 0.688. The fourth-order valence-electron chi connectivity index (χ4n) is 2.20. The standard InChI is InChI=1S/C18H28N2O3/c1-5-6-7-12-19-18(22)16(13(2)3)20-17(21)14-8-10-15(23-4)11-9-14/h8-11,13,16H,5-7,12H2,1-4H3,(H,19,22)(H,20,21)/t16-/m1/s1. The summed E-state index contributed by atoms with van der Waals surface area (Å²) in [6.07, 6.45) is 3.15. The van der Waals surface area contributed by atoms with Crippen LogP contribution in [-0.4, -0.2) is 31.5 Å². The number of methoxy groups -OCH3 is 1. The summed E-state index contributed by atoms with van der Waals surface area (Å²) in [5.41, 5.74) is 0.509. The van der Waals surface area contributed by atoms with Crippen molar-refractivity contribution in [1.29, 1.82) is 0 Å². The van der Waals surface area contributed by atoms with Crippen LogP contribution in [-0.2, 0) is 4.79 Å². The molecule has 1 rings (SSSR count). The van der Waals surface area contributed by atoms with Gasteiger partial charge in [-0.3, -0.25) is 9.59 Å². The Kier molecular flexibility index (Phi) is 8.16. The van der Waals surface area contributed by atoms with E-state index in [1.165, 1.54) is 0 Å². The van der Waals surface area contributed by atoms with E-state index in [1.54, 1.807) is 31.4 Å². The van der Waals surface area contributed by atoms with Gasteiger partial charge in [0.1, 0.15) is 11.8 Å². The third-order valence-corrected chi connectivity index (χ3v) is 3.67. The minimum absolute atomic E-state index is 0.0170. The van der Waals surface area contributed by atoms with Gasteiger partial charge in [0, 0.05) is 12.1 Å². The van der Waals surface area contributed by atoms with Gasteiger partial charge in [-0.05, 0) is 36.6 Å². The highest BCUT2D eigenvalue weighted by molar-refractivity contribution is 5.97. The highest BCUT2D eigenvalue weighted by Crippen LogP contribution is 2.12. The van der Waals surface area contributed by atoms with E-state index < -0.39 is 6.04 Å². The Labute approximate surface area is 138 Å². The molecule has 0 saturated heterocycles. The average Bonchev–Trinajstić information content (AvgIpc) is 2.56. The Balaban J connectivity index is 2.63. The lowest BCUT2D eigenvalue weighted by molar-refractivity contribution is -0.123. The second-order valence-corrected chi connectivity index (χ2v) is 5.92. The average molecular weight is 320 g/mol. The molecular weight excluding hydrogens is 292 g/mol. The Morgan fingerprint density at radius 1 is 1.13 bits per heavy atom. The van der Waals surface area contributed by atoms with Crippen LogP contribution in [0, 0.1) is 5.92 Å². The number of benzene rings is 1. The van der Waals surface area contributed by atoms with Crippen molar-refractivity contribution in [1.82, 2.24) is 10.6 Å². The number of hydrogen-bond acceptors (Lipinski definition) is 3. The summed E-state index contributed by atoms with van der Waals surface area (Å²) < 4.78 is 5.07. The number of carbonyl (C=O) groups excluding carboxylic acids is 2. The third-order valence-electron chi connectivity index (χ3n) is 3.67. The lowest BCUT2D eigenvalue weighted by Gasteiger charge is -2.21. The van der Waals surface area contributed by atoms with Crippen LogP contribution in [0.15, 0.2) is 24.3 Å². The fourth-order valence-corrected chi connectivity index (χ4v) is 2.20. The summed E-state index contributed by atoms with van der Waals surface area (Å²) in [5.74, 6) is 0.326. The first-order valence-electron chi connectivity index (χ1n) is 8.22. The molecule has 2 amide bonds. The predicted molar refractivity (Wildman–Crippen MR) is 91.6 cm³/mol. The SMILES string of the molecule is CCCCCNC(=O)[C@H](NC(=O)c1ccc(OC)cc1)C(C)C. The Hall–Kier alpha value is -2.04. The maximum Gasteiger partial charge on any atom is 0.251 e. The zero-order valence-corrected chi connectivity index (χ0v) is 14.5. The van der Waals surface area contributed by atoms with Crippen molar-refractivity contribution >= 4 is 11.8 Å². The van der Waals surface area contributed by atoms with E-state index in [0.717, 1.165) is 19.3 Å². The Bertz CT molecular complexity index is 497. The molecule has 1 atom stereocenters. The second kappa shape index (κ2) is 9.87. The van der Waals surface area contributed by atoms with Crippen LogP contribution in [0.2, 0.25) is 0 Å². The molecule has 0 heterocycles. The maximum atomic E-state index is 12.3. The highest BCUT2D eigenvalue weighted by Gasteiger charge is 2.24. The Morgan fingerprint density at radius 3 is 2.30 bits per heavy atom. The van der Waals surface area contributed by atoms with Crippen LogP contribution in [0.1, 0.15) is 50.4 Å². The van der Waals surface area contributed by atoms with Crippen LogP contribution in [0.25, 0.3) is 0 Å². The van der Waals surface area contributed by atoms with E-state index in [-0.39, 0.29) is 17.7 Å². The summed E-state index contributed by atoms with van der Waals surface area (Å²) in [5, 5.41) is 5.72. The van der Waals surface area contributed by atoms with Gasteiger partial charge in [0.25, 0.3) is 5.91 Å². The van der Waals surface area contributed by atoms with Crippen molar-refractivity contribution in [3.63, 3.8) is 0 Å². The summed E-state index contributed by atoms with van der Waals surface area (Å²) in [6, 6.07) is 6.29. The molecular formula is C18H28N2O3. The molecule has 23 heavy (non-hydrogen) atoms. The molecule has 5 heteroatoms. The number of carbonyl (C=O) groups is 2. The molecule has 0 unspecified atom stereocenters. The number of ether oxygens (including phenoxy) is 1. The van der Waals surface area contributed by atoms with Gasteiger partial charge in [-0.2, -0.15) is 0 Å². The fraction of sp³-hybridized carbons (Fsp3) is 0.556. The summed E-state index contributed by atoms with van der Waals surface area (Å²) >= 11 is 0. The predicted octanol–water partition coefficient (Wildman–Crippen LogP) is 2.76. The van der Waals surface area contributed by atoms with Gasteiger partial charge in [-0.1, -0.05) is 33.6 Å². The first-order valence-corrected chi connectivity index (χ1v) is 8.22. The van der Waals surface area contributed by atoms with Gasteiger partial charge in [0.15, 0.2) is 0 Å². The molecule has 0 aromatic heterocycles. The number of rotatable bonds is 9. The molecule has 0 aliphatic rings. The molecule has 0 aliphatic carbocycles. The zero-order chi connectivity index (χ0) is 17.2. The number of nitrogens with one attached hydrogen (secondary N) is 2. The van der Waals surface area contributed by atoms with Gasteiger partial charge in [0.2, 0.25) is 5.91 Å². The van der Waals surface area contributed by atoms with E-state index in [0.29, 0.717) is 17.9 Å². The van der Waals surface area contributed by atoms with Crippen molar-refractivity contribution in [3.05, 3.63) is 29.8 Å². The van der Waals surface area contributed by atoms with E-state index >= 15 is 0 Å². The van der Waals surface area contributed by atoms with E-state index in [9.17, 15) is 9.59 Å². The summed E-state index contributed by atoms with van der Waals surface area (Å²) in [6.45, 7) is 6.61. The monoisotopic (exact) mass is 320 g/mol. The van der Waals surface area contributed by atoms with Crippen LogP contribution in [0.5, 0.6) is 5.75 Å². The number of unbranched alkanes of at least 4 members (excludes halogenated alkanes) is 2. The lowest BCUT2D eigenvalue weighted by atomic mass is 10.0. The molecule has 2 N–H and O–H groups in total. The van der Waals surface area contributed by atoms with Crippen molar-refractivity contribution in [2.75, 3.05) is 13.7 Å². The van der Waals surface area contributed by atoms with Crippen LogP contribution in [0.4, 0.5) is 0 Å². The number of amides is 2. The third kappa shape index (κ3) is 6.30. The smallest absolute Gasteiger partial charge is 0.251 e. The largest absolute Gasteiger partial charge is 0.497 e. The number of hydrogen-bond donors (Lipinski definition) is 2. The maximum absolute atomic E-state index is 12.3. The normalized spacial score (nSPS) is 11.9. The van der Waals surface area contributed by atoms with E-state index in [2.05, 4.69) is 17.6 Å². The van der Waals surface area contributed by atoms with Crippen molar-refractivity contribution in [2.24, 2.45) is 5.92 Å². The van der Waals surface area contributed by atoms with Crippen molar-refractivity contribution in [2.45, 2.75) is 46.1 Å². The van der Waals surface area contributed by atoms with Crippen LogP contribution in [0.3, 0.4) is 0 Å². The molecule has 0 fully saturated rings. The topological polar surface area (TPSA) is 67.4 Å². The minimum Gasteiger partial charge on any atom is -0.497 e. The van der Waals surface area contributed by atoms with Gasteiger partial charge in [-0.25, -0.2) is 0 Å². The minimum atomic E-state index is -0.536. The van der Waals surface area contributed by atoms with Gasteiger partial charge < -0.3 is 15.4 Å². The molecule has 0 spiro atoms. The molecule has 1 aromatic carbocycles. The van der Waals surface area contributed by atoms with Crippen molar-refractivity contribution in [3.8, 4) is 5.75 Å². The Morgan fingerprint density at radius 2 is 1.78 bits per heavy atom. The first-order chi connectivity index (χ1) is 11.0. The second-order valence-electron chi connectivity index (χ2n) is 5.92. The first kappa shape index (κ1) is 19.0. The molecule has 1 aromatic rings. The molecule has 128 valence electrons. The van der Waals surface area contributed by atoms with Crippen molar-refractivity contribution < 1.29 is 14.3 Å². The molecule has 5 nitrogen and oxygen atoms in total. The summed E-state index contributed by atoms with van der Waals surface area (Å²) in [7, 11) is 1.58. The molecule has 0 saturated carbocycles. The van der Waals surface area contributed by atoms with Gasteiger partial charge >= 0.3 is 0 Å². The highest BCUT2D eigenvalue weighted by atomic mass is 16.5. The zero-order valence-electron chi connectivity index (χ0n) is 14.5. The van der Waals surface area contributed by atoms with Crippen LogP contribution >= 0.6 is 0 Å². The van der Waals surface area contributed by atoms with Crippen LogP contribution < -0.4 is 15.4 Å². The lowest BCUT2D eigenvalue weighted by Crippen LogP contribution is -2.49. The van der Waals surface area contributed by atoms with Gasteiger partial charge in [0.05, 0.1) is 7.11 Å². The molecule has 0 bridgehead atoms. The summed E-state index contributed by atoms with van der Waals surface area (Å²) in [4.78, 5) is 24.6. The molecule has 0 aliphatic heterocycles.